The van der Waals surface area contributed by atoms with E-state index in [0.29, 0.717) is 0 Å². The molecule has 0 unspecified atom stereocenters. The third kappa shape index (κ3) is 4.97. The smallest absolute Gasteiger partial charge is 0.228 e. The number of benzene rings is 2. The van der Waals surface area contributed by atoms with E-state index in [1.807, 2.05) is 60.4 Å². The van der Waals surface area contributed by atoms with E-state index in [2.05, 4.69) is 28.3 Å². The van der Waals surface area contributed by atoms with Crippen LogP contribution in [0.25, 0.3) is 11.1 Å². The molecule has 1 aromatic heterocycles. The van der Waals surface area contributed by atoms with Gasteiger partial charge in [0.2, 0.25) is 5.91 Å². The van der Waals surface area contributed by atoms with Crippen LogP contribution in [0, 0.1) is 12.8 Å². The Morgan fingerprint density at radius 1 is 1.19 bits per heavy atom. The number of hydrogen-bond donors (Lipinski definition) is 1. The zero-order valence-electron chi connectivity index (χ0n) is 18.5. The molecule has 0 radical (unpaired) electrons. The van der Waals surface area contributed by atoms with Gasteiger partial charge in [-0.05, 0) is 61.7 Å². The Hall–Kier alpha value is -3.12. The van der Waals surface area contributed by atoms with Crippen LogP contribution in [-0.2, 0) is 18.4 Å². The molecule has 1 N–H and O–H groups in total. The molecule has 6 nitrogen and oxygen atoms in total. The first kappa shape index (κ1) is 21.1. The molecule has 3 aromatic rings. The minimum Gasteiger partial charge on any atom is -0.497 e. The van der Waals surface area contributed by atoms with Crippen molar-refractivity contribution in [2.24, 2.45) is 13.0 Å². The van der Waals surface area contributed by atoms with Crippen LogP contribution >= 0.6 is 0 Å². The molecule has 162 valence electrons. The maximum atomic E-state index is 12.9. The maximum Gasteiger partial charge on any atom is 0.228 e. The fourth-order valence-corrected chi connectivity index (χ4v) is 4.15. The summed E-state index contributed by atoms with van der Waals surface area (Å²) in [5.41, 5.74) is 5.43. The third-order valence-corrected chi connectivity index (χ3v) is 6.16. The lowest BCUT2D eigenvalue weighted by molar-refractivity contribution is -0.121. The normalized spacial score (nSPS) is 16.8. The predicted octanol–water partition coefficient (Wildman–Crippen LogP) is 4.25. The molecular weight excluding hydrogens is 388 g/mol. The van der Waals surface area contributed by atoms with Crippen LogP contribution in [0.3, 0.4) is 0 Å². The van der Waals surface area contributed by atoms with Crippen molar-refractivity contribution in [3.8, 4) is 16.9 Å². The number of methoxy groups -OCH3 is 1. The van der Waals surface area contributed by atoms with Crippen molar-refractivity contribution in [3.63, 3.8) is 0 Å². The molecule has 0 saturated carbocycles. The average Bonchev–Trinajstić information content (AvgIpc) is 3.12. The van der Waals surface area contributed by atoms with Crippen LogP contribution in [0.2, 0.25) is 0 Å². The number of amides is 1. The Morgan fingerprint density at radius 3 is 2.71 bits per heavy atom. The van der Waals surface area contributed by atoms with Crippen molar-refractivity contribution < 1.29 is 9.53 Å². The number of ether oxygens (including phenoxy) is 1. The summed E-state index contributed by atoms with van der Waals surface area (Å²) in [5, 5.41) is 7.44. The average molecular weight is 419 g/mol. The molecule has 31 heavy (non-hydrogen) atoms. The van der Waals surface area contributed by atoms with Crippen molar-refractivity contribution in [3.05, 3.63) is 66.0 Å². The highest BCUT2D eigenvalue weighted by Gasteiger charge is 2.26. The molecular formula is C25H30N4O2. The van der Waals surface area contributed by atoms with Gasteiger partial charge in [-0.3, -0.25) is 14.4 Å². The molecule has 1 aliphatic rings. The van der Waals surface area contributed by atoms with Gasteiger partial charge in [0.1, 0.15) is 5.75 Å². The SMILES string of the molecule is COc1cccc(-c2ccc(NC(=O)[C@H]3CCCN(Cc4cnn(C)c4C)C3)cc2)c1. The molecule has 0 spiro atoms. The lowest BCUT2D eigenvalue weighted by Gasteiger charge is -2.31. The highest BCUT2D eigenvalue weighted by Crippen LogP contribution is 2.26. The van der Waals surface area contributed by atoms with E-state index in [0.717, 1.165) is 55.0 Å². The van der Waals surface area contributed by atoms with Crippen molar-refractivity contribution >= 4 is 11.6 Å². The Morgan fingerprint density at radius 2 is 2.00 bits per heavy atom. The fraction of sp³-hybridized carbons (Fsp3) is 0.360. The lowest BCUT2D eigenvalue weighted by atomic mass is 9.96. The first-order valence-electron chi connectivity index (χ1n) is 10.8. The van der Waals surface area contributed by atoms with Crippen LogP contribution in [-0.4, -0.2) is 40.8 Å². The summed E-state index contributed by atoms with van der Waals surface area (Å²) in [6, 6.07) is 16.0. The maximum absolute atomic E-state index is 12.9. The van der Waals surface area contributed by atoms with Gasteiger partial charge in [0.15, 0.2) is 0 Å². The largest absolute Gasteiger partial charge is 0.497 e. The topological polar surface area (TPSA) is 59.4 Å². The van der Waals surface area contributed by atoms with Crippen molar-refractivity contribution in [2.75, 3.05) is 25.5 Å². The molecule has 1 atom stereocenters. The summed E-state index contributed by atoms with van der Waals surface area (Å²) in [5.74, 6) is 0.934. The first-order valence-corrected chi connectivity index (χ1v) is 10.8. The van der Waals surface area contributed by atoms with Gasteiger partial charge in [-0.25, -0.2) is 0 Å². The van der Waals surface area contributed by atoms with E-state index in [-0.39, 0.29) is 11.8 Å². The fourth-order valence-electron chi connectivity index (χ4n) is 4.15. The Bertz CT molecular complexity index is 1040. The Balaban J connectivity index is 1.36. The lowest BCUT2D eigenvalue weighted by Crippen LogP contribution is -2.40. The van der Waals surface area contributed by atoms with Crippen molar-refractivity contribution in [1.82, 2.24) is 14.7 Å². The highest BCUT2D eigenvalue weighted by atomic mass is 16.5. The molecule has 1 fully saturated rings. The second-order valence-corrected chi connectivity index (χ2v) is 8.25. The number of anilines is 1. The van der Waals surface area contributed by atoms with Gasteiger partial charge >= 0.3 is 0 Å². The summed E-state index contributed by atoms with van der Waals surface area (Å²) in [6.45, 7) is 4.74. The Kier molecular flexibility index (Phi) is 6.37. The number of aromatic nitrogens is 2. The van der Waals surface area contributed by atoms with Crippen LogP contribution in [0.4, 0.5) is 5.69 Å². The standard InChI is InChI=1S/C25H30N4O2/c1-18-22(15-26-28(18)2)17-29-13-5-7-21(16-29)25(30)27-23-11-9-19(10-12-23)20-6-4-8-24(14-20)31-3/h4,6,8-12,14-15,21H,5,7,13,16-17H2,1-3H3,(H,27,30)/t21-/m0/s1. The monoisotopic (exact) mass is 418 g/mol. The molecule has 2 aromatic carbocycles. The van der Waals surface area contributed by atoms with Crippen molar-refractivity contribution in [1.29, 1.82) is 0 Å². The highest BCUT2D eigenvalue weighted by molar-refractivity contribution is 5.93. The second-order valence-electron chi connectivity index (χ2n) is 8.25. The number of piperidine rings is 1. The molecule has 1 aliphatic heterocycles. The van der Waals surface area contributed by atoms with E-state index in [4.69, 9.17) is 4.74 Å². The van der Waals surface area contributed by atoms with Crippen LogP contribution in [0.5, 0.6) is 5.75 Å². The number of likely N-dealkylation sites (tertiary alicyclic amines) is 1. The summed E-state index contributed by atoms with van der Waals surface area (Å²) in [7, 11) is 3.63. The summed E-state index contributed by atoms with van der Waals surface area (Å²) >= 11 is 0. The molecule has 0 bridgehead atoms. The first-order chi connectivity index (χ1) is 15.0. The zero-order chi connectivity index (χ0) is 21.8. The molecule has 6 heteroatoms. The summed E-state index contributed by atoms with van der Waals surface area (Å²) < 4.78 is 7.21. The van der Waals surface area contributed by atoms with E-state index in [1.54, 1.807) is 7.11 Å². The Labute approximate surface area is 183 Å². The number of carbonyl (C=O) groups excluding carboxylic acids is 1. The van der Waals surface area contributed by atoms with Crippen LogP contribution in [0.15, 0.2) is 54.7 Å². The van der Waals surface area contributed by atoms with E-state index in [9.17, 15) is 4.79 Å². The number of hydrogen-bond acceptors (Lipinski definition) is 4. The minimum atomic E-state index is 0.00351. The zero-order valence-corrected chi connectivity index (χ0v) is 18.5. The number of nitrogens with zero attached hydrogens (tertiary/aromatic N) is 3. The van der Waals surface area contributed by atoms with Gasteiger partial charge in [-0.2, -0.15) is 5.10 Å². The van der Waals surface area contributed by atoms with Gasteiger partial charge in [0.25, 0.3) is 0 Å². The molecule has 1 amide bonds. The van der Waals surface area contributed by atoms with Crippen LogP contribution < -0.4 is 10.1 Å². The van der Waals surface area contributed by atoms with Gasteiger partial charge in [0.05, 0.1) is 19.2 Å². The summed E-state index contributed by atoms with van der Waals surface area (Å²) in [4.78, 5) is 15.3. The molecule has 0 aliphatic carbocycles. The van der Waals surface area contributed by atoms with Gasteiger partial charge in [-0.1, -0.05) is 24.3 Å². The minimum absolute atomic E-state index is 0.00351. The second kappa shape index (κ2) is 9.35. The van der Waals surface area contributed by atoms with Crippen LogP contribution in [0.1, 0.15) is 24.1 Å². The third-order valence-electron chi connectivity index (χ3n) is 6.16. The molecule has 1 saturated heterocycles. The van der Waals surface area contributed by atoms with Gasteiger partial charge in [-0.15, -0.1) is 0 Å². The predicted molar refractivity (Wildman–Crippen MR) is 123 cm³/mol. The van der Waals surface area contributed by atoms with E-state index < -0.39 is 0 Å². The number of aryl methyl sites for hydroxylation is 1. The van der Waals surface area contributed by atoms with Gasteiger partial charge < -0.3 is 10.1 Å². The number of carbonyl (C=O) groups is 1. The van der Waals surface area contributed by atoms with E-state index in [1.165, 1.54) is 11.3 Å². The molecule has 2 heterocycles. The summed E-state index contributed by atoms with van der Waals surface area (Å²) in [6.07, 6.45) is 3.89. The van der Waals surface area contributed by atoms with Crippen molar-refractivity contribution in [2.45, 2.75) is 26.3 Å². The van der Waals surface area contributed by atoms with E-state index >= 15 is 0 Å². The molecule has 4 rings (SSSR count). The van der Waals surface area contributed by atoms with Gasteiger partial charge in [0, 0.05) is 37.1 Å². The number of rotatable bonds is 6. The number of nitrogens with one attached hydrogen (secondary N) is 1. The quantitative estimate of drug-likeness (QED) is 0.650.